The smallest absolute Gasteiger partial charge is 0.206 e. The molecule has 0 radical (unpaired) electrons. The fourth-order valence-corrected chi connectivity index (χ4v) is 6.33. The zero-order chi connectivity index (χ0) is 14.2. The van der Waals surface area contributed by atoms with Gasteiger partial charge in [0.2, 0.25) is 0 Å². The van der Waals surface area contributed by atoms with Gasteiger partial charge in [0.05, 0.1) is 5.88 Å². The van der Waals surface area contributed by atoms with Crippen molar-refractivity contribution in [2.24, 2.45) is 11.8 Å². The third kappa shape index (κ3) is 3.15. The summed E-state index contributed by atoms with van der Waals surface area (Å²) in [5, 5.41) is 0. The van der Waals surface area contributed by atoms with E-state index >= 15 is 0 Å². The first-order valence-electron chi connectivity index (χ1n) is 6.50. The number of halogens is 1. The van der Waals surface area contributed by atoms with E-state index in [1.54, 1.807) is 10.4 Å². The van der Waals surface area contributed by atoms with Crippen LogP contribution in [0.4, 0.5) is 0 Å². The lowest BCUT2D eigenvalue weighted by Gasteiger charge is -2.33. The predicted molar refractivity (Wildman–Crippen MR) is 80.3 cm³/mol. The van der Waals surface area contributed by atoms with Gasteiger partial charge in [0, 0.05) is 18.0 Å². The second kappa shape index (κ2) is 5.72. The molecule has 2 atom stereocenters. The third-order valence-corrected chi connectivity index (χ3v) is 7.49. The standard InChI is InChI=1S/C13H20ClNO2S2/c1-9-4-10(2)8-15(7-9)19(16,17)13-5-11(3)12(6-14)18-13/h5,9-10H,4,6-8H2,1-3H3. The van der Waals surface area contributed by atoms with E-state index < -0.39 is 10.0 Å². The molecule has 2 unspecified atom stereocenters. The molecular weight excluding hydrogens is 302 g/mol. The molecule has 19 heavy (non-hydrogen) atoms. The molecule has 1 aromatic rings. The maximum atomic E-state index is 12.7. The van der Waals surface area contributed by atoms with Crippen molar-refractivity contribution in [1.82, 2.24) is 4.31 Å². The molecule has 0 bridgehead atoms. The first-order chi connectivity index (χ1) is 8.84. The summed E-state index contributed by atoms with van der Waals surface area (Å²) in [6.45, 7) is 7.39. The van der Waals surface area contributed by atoms with Crippen LogP contribution in [0, 0.1) is 18.8 Å². The van der Waals surface area contributed by atoms with Crippen molar-refractivity contribution in [3.63, 3.8) is 0 Å². The van der Waals surface area contributed by atoms with E-state index in [9.17, 15) is 8.42 Å². The van der Waals surface area contributed by atoms with E-state index in [2.05, 4.69) is 13.8 Å². The quantitative estimate of drug-likeness (QED) is 0.799. The van der Waals surface area contributed by atoms with Crippen LogP contribution in [0.5, 0.6) is 0 Å². The second-order valence-corrected chi connectivity index (χ2v) is 9.14. The Morgan fingerprint density at radius 2 is 1.95 bits per heavy atom. The molecule has 0 aliphatic carbocycles. The molecule has 6 heteroatoms. The molecule has 0 spiro atoms. The monoisotopic (exact) mass is 321 g/mol. The summed E-state index contributed by atoms with van der Waals surface area (Å²) in [5.41, 5.74) is 0.969. The maximum absolute atomic E-state index is 12.7. The Morgan fingerprint density at radius 1 is 1.37 bits per heavy atom. The zero-order valence-electron chi connectivity index (χ0n) is 11.5. The van der Waals surface area contributed by atoms with Crippen LogP contribution in [-0.2, 0) is 15.9 Å². The fourth-order valence-electron chi connectivity index (χ4n) is 2.68. The van der Waals surface area contributed by atoms with Gasteiger partial charge in [0.25, 0.3) is 10.0 Å². The Kier molecular flexibility index (Phi) is 4.60. The summed E-state index contributed by atoms with van der Waals surface area (Å²) in [7, 11) is -3.35. The molecule has 0 aromatic carbocycles. The van der Waals surface area contributed by atoms with Crippen molar-refractivity contribution in [1.29, 1.82) is 0 Å². The van der Waals surface area contributed by atoms with Gasteiger partial charge in [0.15, 0.2) is 0 Å². The number of thiophene rings is 1. The Balaban J connectivity index is 2.30. The predicted octanol–water partition coefficient (Wildman–Crippen LogP) is 3.46. The van der Waals surface area contributed by atoms with Crippen LogP contribution >= 0.6 is 22.9 Å². The number of aryl methyl sites for hydroxylation is 1. The van der Waals surface area contributed by atoms with Crippen molar-refractivity contribution in [2.75, 3.05) is 13.1 Å². The maximum Gasteiger partial charge on any atom is 0.252 e. The molecule has 1 saturated heterocycles. The molecule has 0 amide bonds. The molecule has 1 fully saturated rings. The summed E-state index contributed by atoms with van der Waals surface area (Å²) in [6, 6.07) is 1.75. The van der Waals surface area contributed by atoms with E-state index in [4.69, 9.17) is 11.6 Å². The Hall–Kier alpha value is -0.100. The van der Waals surface area contributed by atoms with Gasteiger partial charge in [-0.05, 0) is 36.8 Å². The number of hydrogen-bond acceptors (Lipinski definition) is 3. The number of hydrogen-bond donors (Lipinski definition) is 0. The molecule has 2 heterocycles. The van der Waals surface area contributed by atoms with Crippen molar-refractivity contribution in [3.8, 4) is 0 Å². The highest BCUT2D eigenvalue weighted by Crippen LogP contribution is 2.32. The largest absolute Gasteiger partial charge is 0.252 e. The number of piperidine rings is 1. The minimum atomic E-state index is -3.35. The Bertz CT molecular complexity index is 543. The van der Waals surface area contributed by atoms with Gasteiger partial charge < -0.3 is 0 Å². The highest BCUT2D eigenvalue weighted by molar-refractivity contribution is 7.91. The average molecular weight is 322 g/mol. The van der Waals surface area contributed by atoms with E-state index in [0.717, 1.165) is 16.9 Å². The van der Waals surface area contributed by atoms with E-state index in [1.807, 2.05) is 6.92 Å². The van der Waals surface area contributed by atoms with Gasteiger partial charge in [-0.25, -0.2) is 8.42 Å². The number of alkyl halides is 1. The van der Waals surface area contributed by atoms with Gasteiger partial charge in [0.1, 0.15) is 4.21 Å². The minimum Gasteiger partial charge on any atom is -0.206 e. The van der Waals surface area contributed by atoms with Crippen LogP contribution in [0.25, 0.3) is 0 Å². The van der Waals surface area contributed by atoms with Gasteiger partial charge in [-0.1, -0.05) is 13.8 Å². The molecule has 2 rings (SSSR count). The van der Waals surface area contributed by atoms with E-state index in [0.29, 0.717) is 35.0 Å². The normalized spacial score (nSPS) is 25.7. The lowest BCUT2D eigenvalue weighted by molar-refractivity contribution is 0.223. The highest BCUT2D eigenvalue weighted by Gasteiger charge is 2.32. The van der Waals surface area contributed by atoms with E-state index in [-0.39, 0.29) is 0 Å². The molecular formula is C13H20ClNO2S2. The Morgan fingerprint density at radius 3 is 2.42 bits per heavy atom. The number of rotatable bonds is 3. The molecule has 0 N–H and O–H groups in total. The molecule has 1 aromatic heterocycles. The van der Waals surface area contributed by atoms with Gasteiger partial charge in [-0.3, -0.25) is 0 Å². The van der Waals surface area contributed by atoms with Gasteiger partial charge in [-0.15, -0.1) is 22.9 Å². The summed E-state index contributed by atoms with van der Waals surface area (Å²) < 4.78 is 27.4. The minimum absolute atomic E-state index is 0.374. The summed E-state index contributed by atoms with van der Waals surface area (Å²) >= 11 is 7.13. The highest BCUT2D eigenvalue weighted by atomic mass is 35.5. The molecule has 1 aliphatic heterocycles. The average Bonchev–Trinajstić information content (AvgIpc) is 2.70. The summed E-state index contributed by atoms with van der Waals surface area (Å²) in [6.07, 6.45) is 1.10. The van der Waals surface area contributed by atoms with E-state index in [1.165, 1.54) is 11.3 Å². The molecule has 1 aliphatic rings. The number of nitrogens with zero attached hydrogens (tertiary/aromatic N) is 1. The topological polar surface area (TPSA) is 37.4 Å². The van der Waals surface area contributed by atoms with Crippen molar-refractivity contribution < 1.29 is 8.42 Å². The first kappa shape index (κ1) is 15.3. The van der Waals surface area contributed by atoms with Gasteiger partial charge in [-0.2, -0.15) is 4.31 Å². The van der Waals surface area contributed by atoms with Crippen molar-refractivity contribution in [3.05, 3.63) is 16.5 Å². The van der Waals surface area contributed by atoms with Crippen molar-refractivity contribution >= 4 is 33.0 Å². The van der Waals surface area contributed by atoms with Crippen molar-refractivity contribution in [2.45, 2.75) is 37.3 Å². The lowest BCUT2D eigenvalue weighted by Crippen LogP contribution is -2.42. The SMILES string of the molecule is Cc1cc(S(=O)(=O)N2CC(C)CC(C)C2)sc1CCl. The fraction of sp³-hybridized carbons (Fsp3) is 0.692. The molecule has 0 saturated carbocycles. The van der Waals surface area contributed by atoms with Crippen LogP contribution in [0.1, 0.15) is 30.7 Å². The lowest BCUT2D eigenvalue weighted by atomic mass is 9.94. The summed E-state index contributed by atoms with van der Waals surface area (Å²) in [4.78, 5) is 0.943. The molecule has 3 nitrogen and oxygen atoms in total. The zero-order valence-corrected chi connectivity index (χ0v) is 13.9. The number of sulfonamides is 1. The summed E-state index contributed by atoms with van der Waals surface area (Å²) in [5.74, 6) is 1.22. The third-order valence-electron chi connectivity index (χ3n) is 3.55. The van der Waals surface area contributed by atoms with Crippen LogP contribution in [0.2, 0.25) is 0 Å². The van der Waals surface area contributed by atoms with Crippen LogP contribution in [0.15, 0.2) is 10.3 Å². The van der Waals surface area contributed by atoms with Crippen LogP contribution in [0.3, 0.4) is 0 Å². The van der Waals surface area contributed by atoms with Crippen LogP contribution in [-0.4, -0.2) is 25.8 Å². The second-order valence-electron chi connectivity index (χ2n) is 5.57. The Labute approximate surface area is 124 Å². The van der Waals surface area contributed by atoms with Crippen LogP contribution < -0.4 is 0 Å². The van der Waals surface area contributed by atoms with Gasteiger partial charge >= 0.3 is 0 Å². The first-order valence-corrected chi connectivity index (χ1v) is 9.29. The molecule has 108 valence electrons.